The molecule has 110 valence electrons. The lowest BCUT2D eigenvalue weighted by atomic mass is 10.1. The molecule has 0 unspecified atom stereocenters. The lowest BCUT2D eigenvalue weighted by molar-refractivity contribution is 0.685. The van der Waals surface area contributed by atoms with Crippen LogP contribution >= 0.6 is 11.6 Å². The molecule has 1 aliphatic rings. The van der Waals surface area contributed by atoms with Gasteiger partial charge < -0.3 is 10.2 Å². The summed E-state index contributed by atoms with van der Waals surface area (Å²) in [6, 6.07) is 17.4. The van der Waals surface area contributed by atoms with Gasteiger partial charge in [-0.1, -0.05) is 41.9 Å². The third kappa shape index (κ3) is 3.99. The van der Waals surface area contributed by atoms with Crippen LogP contribution in [0.3, 0.4) is 0 Å². The molecule has 1 aliphatic carbocycles. The standard InChI is InChI=1S/C18H21ClN2/c1-21(13-14-5-3-2-4-6-14)18-10-7-16(19)11-15(18)12-20-17-8-9-17/h2-7,10-11,17,20H,8-9,12-13H2,1H3. The quantitative estimate of drug-likeness (QED) is 0.859. The van der Waals surface area contributed by atoms with Crippen molar-refractivity contribution in [2.45, 2.75) is 32.0 Å². The van der Waals surface area contributed by atoms with Crippen LogP contribution in [0.1, 0.15) is 24.0 Å². The summed E-state index contributed by atoms with van der Waals surface area (Å²) in [4.78, 5) is 2.29. The Morgan fingerprint density at radius 2 is 1.90 bits per heavy atom. The highest BCUT2D eigenvalue weighted by Gasteiger charge is 2.20. The maximum Gasteiger partial charge on any atom is 0.0426 e. The Labute approximate surface area is 131 Å². The highest BCUT2D eigenvalue weighted by Crippen LogP contribution is 2.26. The molecule has 1 N–H and O–H groups in total. The Morgan fingerprint density at radius 3 is 2.62 bits per heavy atom. The van der Waals surface area contributed by atoms with Crippen molar-refractivity contribution in [1.29, 1.82) is 0 Å². The van der Waals surface area contributed by atoms with Gasteiger partial charge in [0.2, 0.25) is 0 Å². The van der Waals surface area contributed by atoms with Crippen molar-refractivity contribution in [1.82, 2.24) is 5.32 Å². The van der Waals surface area contributed by atoms with E-state index in [1.807, 2.05) is 6.07 Å². The zero-order valence-corrected chi connectivity index (χ0v) is 13.1. The number of nitrogens with zero attached hydrogens (tertiary/aromatic N) is 1. The van der Waals surface area contributed by atoms with Crippen LogP contribution in [-0.2, 0) is 13.1 Å². The molecule has 2 nitrogen and oxygen atoms in total. The van der Waals surface area contributed by atoms with Crippen LogP contribution in [0.5, 0.6) is 0 Å². The highest BCUT2D eigenvalue weighted by molar-refractivity contribution is 6.30. The predicted molar refractivity (Wildman–Crippen MR) is 89.9 cm³/mol. The first-order chi connectivity index (χ1) is 10.2. The molecule has 2 aromatic rings. The van der Waals surface area contributed by atoms with Gasteiger partial charge in [0.15, 0.2) is 0 Å². The van der Waals surface area contributed by atoms with E-state index in [0.29, 0.717) is 6.04 Å². The van der Waals surface area contributed by atoms with Crippen molar-refractivity contribution in [3.8, 4) is 0 Å². The van der Waals surface area contributed by atoms with Gasteiger partial charge in [-0.2, -0.15) is 0 Å². The average Bonchev–Trinajstić information content (AvgIpc) is 3.30. The molecule has 0 aromatic heterocycles. The number of nitrogens with one attached hydrogen (secondary N) is 1. The second-order valence-electron chi connectivity index (χ2n) is 5.77. The minimum atomic E-state index is 0.705. The zero-order valence-electron chi connectivity index (χ0n) is 12.3. The van der Waals surface area contributed by atoms with E-state index in [-0.39, 0.29) is 0 Å². The summed E-state index contributed by atoms with van der Waals surface area (Å²) in [7, 11) is 2.14. The second-order valence-corrected chi connectivity index (χ2v) is 6.21. The van der Waals surface area contributed by atoms with Gasteiger partial charge in [-0.05, 0) is 42.2 Å². The van der Waals surface area contributed by atoms with Gasteiger partial charge in [0.05, 0.1) is 0 Å². The molecule has 0 bridgehead atoms. The SMILES string of the molecule is CN(Cc1ccccc1)c1ccc(Cl)cc1CNC1CC1. The number of benzene rings is 2. The number of hydrogen-bond donors (Lipinski definition) is 1. The van der Waals surface area contributed by atoms with E-state index in [1.54, 1.807) is 0 Å². The molecular formula is C18H21ClN2. The average molecular weight is 301 g/mol. The maximum absolute atomic E-state index is 6.17. The third-order valence-electron chi connectivity index (χ3n) is 3.87. The van der Waals surface area contributed by atoms with E-state index < -0.39 is 0 Å². The van der Waals surface area contributed by atoms with Crippen LogP contribution in [0, 0.1) is 0 Å². The minimum Gasteiger partial charge on any atom is -0.370 e. The zero-order chi connectivity index (χ0) is 14.7. The smallest absolute Gasteiger partial charge is 0.0426 e. The summed E-state index contributed by atoms with van der Waals surface area (Å²) < 4.78 is 0. The molecule has 0 amide bonds. The summed E-state index contributed by atoms with van der Waals surface area (Å²) in [5.41, 5.74) is 3.83. The summed E-state index contributed by atoms with van der Waals surface area (Å²) in [5, 5.41) is 4.38. The monoisotopic (exact) mass is 300 g/mol. The van der Waals surface area contributed by atoms with Gasteiger partial charge in [-0.3, -0.25) is 0 Å². The largest absolute Gasteiger partial charge is 0.370 e. The summed E-state index contributed by atoms with van der Waals surface area (Å²) >= 11 is 6.17. The Bertz CT molecular complexity index is 593. The van der Waals surface area contributed by atoms with Gasteiger partial charge >= 0.3 is 0 Å². The fourth-order valence-electron chi connectivity index (χ4n) is 2.55. The Hall–Kier alpha value is -1.51. The molecule has 0 spiro atoms. The Balaban J connectivity index is 1.75. The first kappa shape index (κ1) is 14.4. The molecule has 3 rings (SSSR count). The van der Waals surface area contributed by atoms with E-state index >= 15 is 0 Å². The first-order valence-corrected chi connectivity index (χ1v) is 7.87. The van der Waals surface area contributed by atoms with Gasteiger partial charge in [0, 0.05) is 36.9 Å². The van der Waals surface area contributed by atoms with E-state index in [2.05, 4.69) is 59.7 Å². The maximum atomic E-state index is 6.17. The van der Waals surface area contributed by atoms with Gasteiger partial charge in [-0.15, -0.1) is 0 Å². The summed E-state index contributed by atoms with van der Waals surface area (Å²) in [5.74, 6) is 0. The van der Waals surface area contributed by atoms with Gasteiger partial charge in [0.1, 0.15) is 0 Å². The normalized spacial score (nSPS) is 14.2. The lowest BCUT2D eigenvalue weighted by Crippen LogP contribution is -2.21. The summed E-state index contributed by atoms with van der Waals surface area (Å²) in [6.07, 6.45) is 2.60. The van der Waals surface area contributed by atoms with E-state index in [1.165, 1.54) is 29.7 Å². The van der Waals surface area contributed by atoms with E-state index in [0.717, 1.165) is 18.1 Å². The Morgan fingerprint density at radius 1 is 1.14 bits per heavy atom. The van der Waals surface area contributed by atoms with Crippen molar-refractivity contribution in [3.05, 3.63) is 64.7 Å². The molecule has 1 saturated carbocycles. The second kappa shape index (κ2) is 6.50. The number of hydrogen-bond acceptors (Lipinski definition) is 2. The van der Waals surface area contributed by atoms with Crippen molar-refractivity contribution >= 4 is 17.3 Å². The Kier molecular flexibility index (Phi) is 4.47. The number of halogens is 1. The molecule has 0 atom stereocenters. The van der Waals surface area contributed by atoms with Crippen molar-refractivity contribution in [2.75, 3.05) is 11.9 Å². The predicted octanol–water partition coefficient (Wildman–Crippen LogP) is 4.23. The molecule has 0 aliphatic heterocycles. The molecular weight excluding hydrogens is 280 g/mol. The lowest BCUT2D eigenvalue weighted by Gasteiger charge is -2.23. The fraction of sp³-hybridized carbons (Fsp3) is 0.333. The van der Waals surface area contributed by atoms with Crippen LogP contribution < -0.4 is 10.2 Å². The number of anilines is 1. The highest BCUT2D eigenvalue weighted by atomic mass is 35.5. The molecule has 1 fully saturated rings. The van der Waals surface area contributed by atoms with Crippen molar-refractivity contribution in [3.63, 3.8) is 0 Å². The van der Waals surface area contributed by atoms with Crippen LogP contribution in [0.25, 0.3) is 0 Å². The molecule has 3 heteroatoms. The van der Waals surface area contributed by atoms with Crippen LogP contribution in [0.2, 0.25) is 5.02 Å². The third-order valence-corrected chi connectivity index (χ3v) is 4.11. The topological polar surface area (TPSA) is 15.3 Å². The first-order valence-electron chi connectivity index (χ1n) is 7.49. The fourth-order valence-corrected chi connectivity index (χ4v) is 2.75. The molecule has 0 radical (unpaired) electrons. The van der Waals surface area contributed by atoms with Gasteiger partial charge in [-0.25, -0.2) is 0 Å². The van der Waals surface area contributed by atoms with Gasteiger partial charge in [0.25, 0.3) is 0 Å². The molecule has 2 aromatic carbocycles. The molecule has 21 heavy (non-hydrogen) atoms. The van der Waals surface area contributed by atoms with E-state index in [4.69, 9.17) is 11.6 Å². The van der Waals surface area contributed by atoms with Crippen molar-refractivity contribution in [2.24, 2.45) is 0 Å². The van der Waals surface area contributed by atoms with E-state index in [9.17, 15) is 0 Å². The van der Waals surface area contributed by atoms with Crippen LogP contribution in [-0.4, -0.2) is 13.1 Å². The summed E-state index contributed by atoms with van der Waals surface area (Å²) in [6.45, 7) is 1.79. The van der Waals surface area contributed by atoms with Crippen LogP contribution in [0.15, 0.2) is 48.5 Å². The number of rotatable bonds is 6. The van der Waals surface area contributed by atoms with Crippen LogP contribution in [0.4, 0.5) is 5.69 Å². The van der Waals surface area contributed by atoms with Crippen molar-refractivity contribution < 1.29 is 0 Å². The molecule has 0 heterocycles. The molecule has 0 saturated heterocycles. The minimum absolute atomic E-state index is 0.705.